The molecule has 12 heteroatoms. The standard InChI is InChI=1S/C18H11Br3ClN5O3/c19-9-4-11(17(29)26-24-8-28)15(12(21)5-9)25-18(30)14-6-10(20)7-27(14)16-13(22)2-1-3-23-16/h1-8H,(H,24,28)(H,25,30)(H,26,29). The highest BCUT2D eigenvalue weighted by Crippen LogP contribution is 2.32. The van der Waals surface area contributed by atoms with Gasteiger partial charge in [0.15, 0.2) is 5.82 Å². The average molecular weight is 620 g/mol. The van der Waals surface area contributed by atoms with Gasteiger partial charge in [0.25, 0.3) is 11.8 Å². The van der Waals surface area contributed by atoms with Crippen molar-refractivity contribution in [2.75, 3.05) is 5.32 Å². The van der Waals surface area contributed by atoms with Gasteiger partial charge in [0.2, 0.25) is 6.41 Å². The highest BCUT2D eigenvalue weighted by atomic mass is 79.9. The van der Waals surface area contributed by atoms with E-state index in [9.17, 15) is 14.4 Å². The summed E-state index contributed by atoms with van der Waals surface area (Å²) in [7, 11) is 0. The van der Waals surface area contributed by atoms with Crippen LogP contribution < -0.4 is 16.2 Å². The third-order valence-corrected chi connectivity index (χ3v) is 5.58. The van der Waals surface area contributed by atoms with Crippen LogP contribution >= 0.6 is 59.4 Å². The number of pyridine rings is 1. The fraction of sp³-hybridized carbons (Fsp3) is 0. The number of hydrogen-bond donors (Lipinski definition) is 3. The molecule has 3 aromatic rings. The van der Waals surface area contributed by atoms with E-state index in [2.05, 4.69) is 68.9 Å². The van der Waals surface area contributed by atoms with Crippen molar-refractivity contribution in [3.63, 3.8) is 0 Å². The Labute approximate surface area is 200 Å². The van der Waals surface area contributed by atoms with Gasteiger partial charge < -0.3 is 5.32 Å². The van der Waals surface area contributed by atoms with Crippen molar-refractivity contribution in [3.05, 3.63) is 72.4 Å². The zero-order chi connectivity index (χ0) is 21.8. The topological polar surface area (TPSA) is 105 Å². The number of nitrogens with one attached hydrogen (secondary N) is 3. The molecule has 0 spiro atoms. The van der Waals surface area contributed by atoms with E-state index in [-0.39, 0.29) is 16.9 Å². The molecule has 0 unspecified atom stereocenters. The largest absolute Gasteiger partial charge is 0.319 e. The molecule has 30 heavy (non-hydrogen) atoms. The van der Waals surface area contributed by atoms with Crippen molar-refractivity contribution < 1.29 is 14.4 Å². The molecule has 3 amide bonds. The molecule has 0 aliphatic heterocycles. The number of benzene rings is 1. The van der Waals surface area contributed by atoms with E-state index in [1.807, 2.05) is 0 Å². The first-order chi connectivity index (χ1) is 14.3. The van der Waals surface area contributed by atoms with Crippen LogP contribution in [0.15, 0.2) is 56.1 Å². The maximum Gasteiger partial charge on any atom is 0.272 e. The molecule has 0 radical (unpaired) electrons. The molecular weight excluding hydrogens is 609 g/mol. The van der Waals surface area contributed by atoms with Gasteiger partial charge in [0, 0.05) is 25.8 Å². The van der Waals surface area contributed by atoms with Gasteiger partial charge >= 0.3 is 0 Å². The maximum atomic E-state index is 13.1. The van der Waals surface area contributed by atoms with E-state index < -0.39 is 11.8 Å². The van der Waals surface area contributed by atoms with E-state index in [1.54, 1.807) is 36.7 Å². The number of halogens is 4. The molecule has 0 aliphatic rings. The quantitative estimate of drug-likeness (QED) is 0.280. The number of aromatic nitrogens is 2. The van der Waals surface area contributed by atoms with Crippen LogP contribution in [0.2, 0.25) is 5.02 Å². The highest BCUT2D eigenvalue weighted by Gasteiger charge is 2.22. The molecule has 8 nitrogen and oxygen atoms in total. The molecule has 2 aromatic heterocycles. The van der Waals surface area contributed by atoms with Crippen molar-refractivity contribution in [2.45, 2.75) is 0 Å². The van der Waals surface area contributed by atoms with Crippen LogP contribution in [0.5, 0.6) is 0 Å². The number of anilines is 1. The van der Waals surface area contributed by atoms with Crippen LogP contribution in [0.4, 0.5) is 5.69 Å². The van der Waals surface area contributed by atoms with Crippen LogP contribution in [-0.4, -0.2) is 27.8 Å². The van der Waals surface area contributed by atoms with Crippen LogP contribution in [0.3, 0.4) is 0 Å². The first-order valence-electron chi connectivity index (χ1n) is 8.10. The summed E-state index contributed by atoms with van der Waals surface area (Å²) in [5.41, 5.74) is 4.86. The number of nitrogens with zero attached hydrogens (tertiary/aromatic N) is 2. The van der Waals surface area contributed by atoms with Gasteiger partial charge in [-0.3, -0.25) is 29.8 Å². The number of rotatable bonds is 6. The van der Waals surface area contributed by atoms with Crippen LogP contribution in [-0.2, 0) is 4.79 Å². The number of hydrogen-bond acceptors (Lipinski definition) is 4. The van der Waals surface area contributed by atoms with E-state index in [0.29, 0.717) is 30.7 Å². The normalized spacial score (nSPS) is 10.4. The Morgan fingerprint density at radius 3 is 2.57 bits per heavy atom. The van der Waals surface area contributed by atoms with Crippen molar-refractivity contribution in [1.29, 1.82) is 0 Å². The molecule has 2 heterocycles. The van der Waals surface area contributed by atoms with Gasteiger partial charge in [-0.2, -0.15) is 0 Å². The molecule has 0 aliphatic carbocycles. The molecule has 154 valence electrons. The molecule has 0 fully saturated rings. The molecule has 0 bridgehead atoms. The number of carbonyl (C=O) groups is 3. The monoisotopic (exact) mass is 617 g/mol. The van der Waals surface area contributed by atoms with Crippen molar-refractivity contribution >= 4 is 83.3 Å². The van der Waals surface area contributed by atoms with Crippen LogP contribution in [0, 0.1) is 0 Å². The number of hydrazine groups is 1. The summed E-state index contributed by atoms with van der Waals surface area (Å²) in [6, 6.07) is 8.12. The molecule has 3 rings (SSSR count). The maximum absolute atomic E-state index is 13.1. The predicted molar refractivity (Wildman–Crippen MR) is 123 cm³/mol. The molecule has 0 saturated carbocycles. The zero-order valence-electron chi connectivity index (χ0n) is 14.7. The fourth-order valence-electron chi connectivity index (χ4n) is 2.55. The minimum absolute atomic E-state index is 0.118. The fourth-order valence-corrected chi connectivity index (χ4v) is 4.51. The number of amides is 3. The van der Waals surface area contributed by atoms with Crippen molar-refractivity contribution in [1.82, 2.24) is 20.4 Å². The lowest BCUT2D eigenvalue weighted by atomic mass is 10.1. The third-order valence-electron chi connectivity index (χ3n) is 3.77. The lowest BCUT2D eigenvalue weighted by molar-refractivity contribution is -0.110. The first-order valence-corrected chi connectivity index (χ1v) is 10.9. The molecule has 0 saturated heterocycles. The second-order valence-corrected chi connectivity index (χ2v) is 8.80. The second-order valence-electron chi connectivity index (χ2n) is 5.70. The second kappa shape index (κ2) is 9.73. The minimum Gasteiger partial charge on any atom is -0.319 e. The van der Waals surface area contributed by atoms with Crippen molar-refractivity contribution in [3.8, 4) is 5.82 Å². The molecule has 0 atom stereocenters. The Morgan fingerprint density at radius 2 is 1.87 bits per heavy atom. The van der Waals surface area contributed by atoms with Gasteiger partial charge in [0.05, 0.1) is 16.3 Å². The smallest absolute Gasteiger partial charge is 0.272 e. The summed E-state index contributed by atoms with van der Waals surface area (Å²) in [6.45, 7) is 0. The molecular formula is C18H11Br3ClN5O3. The third kappa shape index (κ3) is 4.91. The van der Waals surface area contributed by atoms with E-state index in [4.69, 9.17) is 11.6 Å². The summed E-state index contributed by atoms with van der Waals surface area (Å²) in [6.07, 6.45) is 3.54. The summed E-state index contributed by atoms with van der Waals surface area (Å²) in [4.78, 5) is 40.2. The van der Waals surface area contributed by atoms with Gasteiger partial charge in [-0.15, -0.1) is 0 Å². The minimum atomic E-state index is -0.622. The Balaban J connectivity index is 2.01. The lowest BCUT2D eigenvalue weighted by Crippen LogP contribution is -2.36. The Morgan fingerprint density at radius 1 is 1.10 bits per heavy atom. The van der Waals surface area contributed by atoms with E-state index in [1.165, 1.54) is 10.6 Å². The summed E-state index contributed by atoms with van der Waals surface area (Å²) >= 11 is 16.2. The average Bonchev–Trinajstić information content (AvgIpc) is 3.09. The SMILES string of the molecule is O=CNNC(=O)c1cc(Br)cc(Br)c1NC(=O)c1cc(Br)cn1-c1ncccc1Cl. The zero-order valence-corrected chi connectivity index (χ0v) is 20.3. The Hall–Kier alpha value is -2.21. The van der Waals surface area contributed by atoms with Crippen LogP contribution in [0.25, 0.3) is 5.82 Å². The Bertz CT molecular complexity index is 1150. The predicted octanol–water partition coefficient (Wildman–Crippen LogP) is 4.46. The van der Waals surface area contributed by atoms with Crippen LogP contribution in [0.1, 0.15) is 20.8 Å². The highest BCUT2D eigenvalue weighted by molar-refractivity contribution is 9.11. The summed E-state index contributed by atoms with van der Waals surface area (Å²) < 4.78 is 3.21. The molecule has 3 N–H and O–H groups in total. The molecule has 1 aromatic carbocycles. The first kappa shape index (κ1) is 22.5. The summed E-state index contributed by atoms with van der Waals surface area (Å²) in [5.74, 6) is -0.760. The van der Waals surface area contributed by atoms with Gasteiger partial charge in [-0.05, 0) is 62.2 Å². The van der Waals surface area contributed by atoms with Crippen molar-refractivity contribution in [2.24, 2.45) is 0 Å². The summed E-state index contributed by atoms with van der Waals surface area (Å²) in [5, 5.41) is 3.09. The van der Waals surface area contributed by atoms with Gasteiger partial charge in [-0.25, -0.2) is 4.98 Å². The number of carbonyl (C=O) groups excluding carboxylic acids is 3. The van der Waals surface area contributed by atoms with Gasteiger partial charge in [0.1, 0.15) is 5.69 Å². The van der Waals surface area contributed by atoms with E-state index >= 15 is 0 Å². The Kier molecular flexibility index (Phi) is 7.29. The van der Waals surface area contributed by atoms with E-state index in [0.717, 1.165) is 0 Å². The lowest BCUT2D eigenvalue weighted by Gasteiger charge is -2.15. The van der Waals surface area contributed by atoms with Gasteiger partial charge in [-0.1, -0.05) is 27.5 Å².